The van der Waals surface area contributed by atoms with Crippen molar-refractivity contribution < 1.29 is 9.53 Å². The lowest BCUT2D eigenvalue weighted by atomic mass is 9.88. The molecule has 2 aliphatic rings. The first-order valence-electron chi connectivity index (χ1n) is 8.61. The number of likely N-dealkylation sites (tertiary alicyclic amines) is 1. The Kier molecular flexibility index (Phi) is 4.81. The van der Waals surface area contributed by atoms with Gasteiger partial charge >= 0.3 is 0 Å². The number of H-pyrrole nitrogens is 1. The standard InChI is InChI=1S/C17H27N3O2/c1-3-16-14(5-4-10-22-16)17(21)20-8-6-13(7-9-20)15-11-12(2)18-19-15/h11,13-14,16H,3-10H2,1-2H3,(H,18,19). The van der Waals surface area contributed by atoms with Gasteiger partial charge in [-0.25, -0.2) is 0 Å². The number of rotatable bonds is 3. The van der Waals surface area contributed by atoms with Crippen molar-refractivity contribution in [3.63, 3.8) is 0 Å². The van der Waals surface area contributed by atoms with Gasteiger partial charge in [-0.15, -0.1) is 0 Å². The van der Waals surface area contributed by atoms with Crippen molar-refractivity contribution >= 4 is 5.91 Å². The molecule has 1 aromatic heterocycles. The third-order valence-electron chi connectivity index (χ3n) is 5.11. The number of aryl methyl sites for hydroxylation is 1. The Morgan fingerprint density at radius 1 is 1.41 bits per heavy atom. The predicted octanol–water partition coefficient (Wildman–Crippen LogP) is 2.63. The minimum Gasteiger partial charge on any atom is -0.377 e. The summed E-state index contributed by atoms with van der Waals surface area (Å²) in [6, 6.07) is 2.13. The van der Waals surface area contributed by atoms with Gasteiger partial charge in [0.05, 0.1) is 17.7 Å². The summed E-state index contributed by atoms with van der Waals surface area (Å²) in [6.45, 7) is 6.65. The van der Waals surface area contributed by atoms with Gasteiger partial charge in [0, 0.05) is 31.3 Å². The quantitative estimate of drug-likeness (QED) is 0.934. The van der Waals surface area contributed by atoms with Crippen molar-refractivity contribution in [1.82, 2.24) is 15.1 Å². The van der Waals surface area contributed by atoms with Crippen molar-refractivity contribution in [3.05, 3.63) is 17.5 Å². The molecule has 5 heteroatoms. The third kappa shape index (κ3) is 3.19. The Hall–Kier alpha value is -1.36. The minimum absolute atomic E-state index is 0.0722. The molecule has 22 heavy (non-hydrogen) atoms. The molecular formula is C17H27N3O2. The largest absolute Gasteiger partial charge is 0.377 e. The van der Waals surface area contributed by atoms with Crippen LogP contribution >= 0.6 is 0 Å². The summed E-state index contributed by atoms with van der Waals surface area (Å²) in [7, 11) is 0. The molecule has 122 valence electrons. The van der Waals surface area contributed by atoms with E-state index in [4.69, 9.17) is 4.74 Å². The second kappa shape index (κ2) is 6.82. The highest BCUT2D eigenvalue weighted by molar-refractivity contribution is 5.79. The fourth-order valence-electron chi connectivity index (χ4n) is 3.80. The van der Waals surface area contributed by atoms with Crippen molar-refractivity contribution in [1.29, 1.82) is 0 Å². The van der Waals surface area contributed by atoms with Crippen LogP contribution in [0.5, 0.6) is 0 Å². The maximum atomic E-state index is 12.8. The van der Waals surface area contributed by atoms with Crippen LogP contribution < -0.4 is 0 Å². The Morgan fingerprint density at radius 3 is 2.82 bits per heavy atom. The molecule has 0 spiro atoms. The molecule has 3 heterocycles. The average molecular weight is 305 g/mol. The molecule has 0 radical (unpaired) electrons. The van der Waals surface area contributed by atoms with Crippen LogP contribution in [0.25, 0.3) is 0 Å². The number of hydrogen-bond acceptors (Lipinski definition) is 3. The summed E-state index contributed by atoms with van der Waals surface area (Å²) in [5.74, 6) is 0.865. The lowest BCUT2D eigenvalue weighted by molar-refractivity contribution is -0.146. The summed E-state index contributed by atoms with van der Waals surface area (Å²) < 4.78 is 5.78. The lowest BCUT2D eigenvalue weighted by Crippen LogP contribution is -2.46. The molecule has 2 aliphatic heterocycles. The van der Waals surface area contributed by atoms with Gasteiger partial charge in [0.1, 0.15) is 0 Å². The summed E-state index contributed by atoms with van der Waals surface area (Å²) >= 11 is 0. The SMILES string of the molecule is CCC1OCCCC1C(=O)N1CCC(c2cc(C)[nH]n2)CC1. The van der Waals surface area contributed by atoms with Gasteiger partial charge in [0.15, 0.2) is 0 Å². The van der Waals surface area contributed by atoms with Gasteiger partial charge in [-0.05, 0) is 45.1 Å². The molecule has 0 saturated carbocycles. The first-order valence-corrected chi connectivity index (χ1v) is 8.61. The van der Waals surface area contributed by atoms with E-state index in [1.807, 2.05) is 6.92 Å². The van der Waals surface area contributed by atoms with Gasteiger partial charge in [-0.3, -0.25) is 9.89 Å². The monoisotopic (exact) mass is 305 g/mol. The number of nitrogens with one attached hydrogen (secondary N) is 1. The van der Waals surface area contributed by atoms with Crippen molar-refractivity contribution in [2.45, 2.75) is 58.0 Å². The van der Waals surface area contributed by atoms with E-state index in [-0.39, 0.29) is 12.0 Å². The number of ether oxygens (including phenoxy) is 1. The fourth-order valence-corrected chi connectivity index (χ4v) is 3.80. The maximum absolute atomic E-state index is 12.8. The number of carbonyl (C=O) groups is 1. The van der Waals surface area contributed by atoms with E-state index in [0.29, 0.717) is 11.8 Å². The van der Waals surface area contributed by atoms with Crippen LogP contribution in [0, 0.1) is 12.8 Å². The first-order chi connectivity index (χ1) is 10.7. The van der Waals surface area contributed by atoms with E-state index in [2.05, 4.69) is 28.1 Å². The van der Waals surface area contributed by atoms with Crippen molar-refractivity contribution in [2.24, 2.45) is 5.92 Å². The van der Waals surface area contributed by atoms with Gasteiger partial charge < -0.3 is 9.64 Å². The van der Waals surface area contributed by atoms with Crippen LogP contribution in [0.15, 0.2) is 6.07 Å². The molecule has 2 fully saturated rings. The average Bonchev–Trinajstić information content (AvgIpc) is 3.01. The van der Waals surface area contributed by atoms with E-state index >= 15 is 0 Å². The summed E-state index contributed by atoms with van der Waals surface area (Å²) in [4.78, 5) is 14.8. The van der Waals surface area contributed by atoms with Crippen LogP contribution in [0.4, 0.5) is 0 Å². The molecule has 0 aromatic carbocycles. The number of amides is 1. The molecule has 2 unspecified atom stereocenters. The van der Waals surface area contributed by atoms with Gasteiger partial charge in [0.25, 0.3) is 0 Å². The third-order valence-corrected chi connectivity index (χ3v) is 5.11. The predicted molar refractivity (Wildman–Crippen MR) is 84.6 cm³/mol. The fraction of sp³-hybridized carbons (Fsp3) is 0.765. The number of piperidine rings is 1. The molecule has 1 N–H and O–H groups in total. The molecule has 3 rings (SSSR count). The zero-order chi connectivity index (χ0) is 15.5. The van der Waals surface area contributed by atoms with Gasteiger partial charge in [0.2, 0.25) is 5.91 Å². The van der Waals surface area contributed by atoms with Crippen LogP contribution in [0.3, 0.4) is 0 Å². The number of hydrogen-bond donors (Lipinski definition) is 1. The molecule has 5 nitrogen and oxygen atoms in total. The van der Waals surface area contributed by atoms with Crippen LogP contribution in [0.2, 0.25) is 0 Å². The Bertz CT molecular complexity index is 506. The van der Waals surface area contributed by atoms with E-state index in [9.17, 15) is 4.79 Å². The summed E-state index contributed by atoms with van der Waals surface area (Å²) in [6.07, 6.45) is 5.07. The highest BCUT2D eigenvalue weighted by atomic mass is 16.5. The van der Waals surface area contributed by atoms with E-state index in [1.165, 1.54) is 0 Å². The second-order valence-corrected chi connectivity index (χ2v) is 6.64. The number of aromatic nitrogens is 2. The summed E-state index contributed by atoms with van der Waals surface area (Å²) in [5.41, 5.74) is 2.26. The van der Waals surface area contributed by atoms with Gasteiger partial charge in [-0.2, -0.15) is 5.10 Å². The van der Waals surface area contributed by atoms with Crippen LogP contribution in [0.1, 0.15) is 56.3 Å². The lowest BCUT2D eigenvalue weighted by Gasteiger charge is -2.37. The minimum atomic E-state index is 0.0722. The van der Waals surface area contributed by atoms with E-state index < -0.39 is 0 Å². The maximum Gasteiger partial charge on any atom is 0.228 e. The molecular weight excluding hydrogens is 278 g/mol. The van der Waals surface area contributed by atoms with Crippen LogP contribution in [-0.4, -0.2) is 46.8 Å². The Labute approximate surface area is 132 Å². The zero-order valence-corrected chi connectivity index (χ0v) is 13.7. The Morgan fingerprint density at radius 2 is 2.18 bits per heavy atom. The van der Waals surface area contributed by atoms with E-state index in [0.717, 1.165) is 63.2 Å². The Balaban J connectivity index is 1.57. The molecule has 1 amide bonds. The van der Waals surface area contributed by atoms with Gasteiger partial charge in [-0.1, -0.05) is 6.92 Å². The normalized spacial score (nSPS) is 27.1. The topological polar surface area (TPSA) is 58.2 Å². The highest BCUT2D eigenvalue weighted by Crippen LogP contribution is 2.30. The van der Waals surface area contributed by atoms with Crippen molar-refractivity contribution in [2.75, 3.05) is 19.7 Å². The second-order valence-electron chi connectivity index (χ2n) is 6.64. The molecule has 2 saturated heterocycles. The zero-order valence-electron chi connectivity index (χ0n) is 13.7. The van der Waals surface area contributed by atoms with E-state index in [1.54, 1.807) is 0 Å². The molecule has 0 aliphatic carbocycles. The smallest absolute Gasteiger partial charge is 0.228 e. The molecule has 1 aromatic rings. The number of nitrogens with zero attached hydrogens (tertiary/aromatic N) is 2. The number of aromatic amines is 1. The molecule has 0 bridgehead atoms. The van der Waals surface area contributed by atoms with Crippen LogP contribution in [-0.2, 0) is 9.53 Å². The first kappa shape index (κ1) is 15.5. The van der Waals surface area contributed by atoms with Crippen molar-refractivity contribution in [3.8, 4) is 0 Å². The number of carbonyl (C=O) groups excluding carboxylic acids is 1. The highest BCUT2D eigenvalue weighted by Gasteiger charge is 2.35. The molecule has 2 atom stereocenters. The summed E-state index contributed by atoms with van der Waals surface area (Å²) in [5, 5.41) is 7.39.